The number of benzene rings is 5. The van der Waals surface area contributed by atoms with Gasteiger partial charge < -0.3 is 9.64 Å². The lowest BCUT2D eigenvalue weighted by atomic mass is 9.85. The normalized spacial score (nSPS) is 17.7. The number of para-hydroxylation sites is 1. The van der Waals surface area contributed by atoms with Gasteiger partial charge in [-0.15, -0.1) is 0 Å². The van der Waals surface area contributed by atoms with Crippen LogP contribution in [0.25, 0.3) is 38.9 Å². The van der Waals surface area contributed by atoms with Crippen LogP contribution in [0.15, 0.2) is 140 Å². The van der Waals surface area contributed by atoms with E-state index in [1.165, 1.54) is 38.7 Å². The van der Waals surface area contributed by atoms with Gasteiger partial charge in [0.05, 0.1) is 6.04 Å². The molecule has 9 rings (SSSR count). The van der Waals surface area contributed by atoms with Crippen LogP contribution in [0.5, 0.6) is 11.5 Å². The summed E-state index contributed by atoms with van der Waals surface area (Å²) >= 11 is 0. The Hall–Kier alpha value is -5.48. The third-order valence-electron chi connectivity index (χ3n) is 8.71. The van der Waals surface area contributed by atoms with Crippen molar-refractivity contribution in [3.8, 4) is 34.0 Å². The predicted molar refractivity (Wildman–Crippen MR) is 169 cm³/mol. The number of fused-ring (bicyclic) bond motifs is 5. The fourth-order valence-electron chi connectivity index (χ4n) is 6.81. The van der Waals surface area contributed by atoms with Gasteiger partial charge in [-0.2, -0.15) is 0 Å². The first-order valence-electron chi connectivity index (χ1n) is 14.3. The molecule has 42 heavy (non-hydrogen) atoms. The maximum absolute atomic E-state index is 6.36. The maximum atomic E-state index is 6.36. The van der Waals surface area contributed by atoms with Crippen molar-refractivity contribution in [3.63, 3.8) is 0 Å². The van der Waals surface area contributed by atoms with Crippen molar-refractivity contribution in [2.45, 2.75) is 12.0 Å². The molecule has 4 nitrogen and oxygen atoms in total. The molecule has 6 aromatic rings. The van der Waals surface area contributed by atoms with Crippen LogP contribution in [-0.2, 0) is 0 Å². The van der Waals surface area contributed by atoms with Gasteiger partial charge in [0, 0.05) is 46.2 Å². The molecule has 2 aliphatic heterocycles. The van der Waals surface area contributed by atoms with Crippen molar-refractivity contribution in [3.05, 3.63) is 151 Å². The number of hydrogen-bond acceptors (Lipinski definition) is 4. The Morgan fingerprint density at radius 3 is 2.36 bits per heavy atom. The van der Waals surface area contributed by atoms with Crippen LogP contribution in [0.1, 0.15) is 17.0 Å². The van der Waals surface area contributed by atoms with Gasteiger partial charge >= 0.3 is 0 Å². The van der Waals surface area contributed by atoms with Gasteiger partial charge in [0.2, 0.25) is 0 Å². The minimum absolute atomic E-state index is 0.201. The lowest BCUT2D eigenvalue weighted by Crippen LogP contribution is -2.28. The number of anilines is 2. The van der Waals surface area contributed by atoms with E-state index in [9.17, 15) is 0 Å². The van der Waals surface area contributed by atoms with Crippen molar-refractivity contribution >= 4 is 27.7 Å². The molecule has 0 radical (unpaired) electrons. The van der Waals surface area contributed by atoms with Crippen molar-refractivity contribution in [2.75, 3.05) is 4.90 Å². The van der Waals surface area contributed by atoms with E-state index in [0.29, 0.717) is 0 Å². The first kappa shape index (κ1) is 23.2. The predicted octanol–water partition coefficient (Wildman–Crippen LogP) is 9.33. The van der Waals surface area contributed by atoms with Crippen LogP contribution >= 0.6 is 0 Å². The summed E-state index contributed by atoms with van der Waals surface area (Å²) in [6, 6.07) is 38.8. The van der Waals surface area contributed by atoms with Gasteiger partial charge in [-0.05, 0) is 82.2 Å². The standard InChI is InChI=1S/C38H25N3O/c1-2-10-33-29(8-1)31-22-26(14-18-34(31)41(33)28-16-12-25(13-17-28)38-39-20-5-21-40-38)27-15-19-35-32(23-27)30-9-3-6-24-7-4-11-36(42-35)37(24)30/h1-23,31,34H. The van der Waals surface area contributed by atoms with Crippen LogP contribution < -0.4 is 9.64 Å². The van der Waals surface area contributed by atoms with Crippen molar-refractivity contribution in [1.29, 1.82) is 0 Å². The third kappa shape index (κ3) is 3.48. The van der Waals surface area contributed by atoms with E-state index in [-0.39, 0.29) is 12.0 Å². The Morgan fingerprint density at radius 1 is 0.667 bits per heavy atom. The number of nitrogens with zero attached hydrogens (tertiary/aromatic N) is 3. The minimum Gasteiger partial charge on any atom is -0.456 e. The van der Waals surface area contributed by atoms with Crippen molar-refractivity contribution < 1.29 is 4.74 Å². The molecule has 3 aliphatic rings. The summed E-state index contributed by atoms with van der Waals surface area (Å²) in [5.74, 6) is 2.82. The minimum atomic E-state index is 0.201. The maximum Gasteiger partial charge on any atom is 0.159 e. The fraction of sp³-hybridized carbons (Fsp3) is 0.0526. The Kier molecular flexibility index (Phi) is 4.99. The van der Waals surface area contributed by atoms with Crippen molar-refractivity contribution in [1.82, 2.24) is 9.97 Å². The largest absolute Gasteiger partial charge is 0.456 e. The zero-order valence-corrected chi connectivity index (χ0v) is 22.7. The Labute approximate surface area is 243 Å². The second kappa shape index (κ2) is 9.02. The monoisotopic (exact) mass is 539 g/mol. The molecule has 3 heterocycles. The van der Waals surface area contributed by atoms with Gasteiger partial charge in [0.1, 0.15) is 11.5 Å². The number of hydrogen-bond donors (Lipinski definition) is 0. The highest BCUT2D eigenvalue weighted by Gasteiger charge is 2.38. The van der Waals surface area contributed by atoms with Gasteiger partial charge in [0.25, 0.3) is 0 Å². The van der Waals surface area contributed by atoms with E-state index in [4.69, 9.17) is 4.74 Å². The molecule has 1 aliphatic carbocycles. The first-order valence-corrected chi connectivity index (χ1v) is 14.3. The highest BCUT2D eigenvalue weighted by atomic mass is 16.5. The summed E-state index contributed by atoms with van der Waals surface area (Å²) in [7, 11) is 0. The molecule has 198 valence electrons. The number of allylic oxidation sites excluding steroid dienone is 2. The van der Waals surface area contributed by atoms with Crippen molar-refractivity contribution in [2.24, 2.45) is 0 Å². The topological polar surface area (TPSA) is 38.2 Å². The van der Waals surface area contributed by atoms with Gasteiger partial charge in [-0.1, -0.05) is 72.8 Å². The lowest BCUT2D eigenvalue weighted by Gasteiger charge is -2.30. The molecule has 0 fully saturated rings. The molecule has 0 amide bonds. The van der Waals surface area contributed by atoms with E-state index in [2.05, 4.69) is 136 Å². The molecule has 5 aromatic carbocycles. The van der Waals surface area contributed by atoms with Crippen LogP contribution in [0.4, 0.5) is 11.4 Å². The van der Waals surface area contributed by atoms with Gasteiger partial charge in [-0.25, -0.2) is 9.97 Å². The summed E-state index contributed by atoms with van der Waals surface area (Å²) in [6.07, 6.45) is 10.6. The molecular weight excluding hydrogens is 514 g/mol. The molecule has 0 N–H and O–H groups in total. The molecule has 2 unspecified atom stereocenters. The molecule has 0 bridgehead atoms. The Bertz CT molecular complexity index is 2070. The zero-order valence-electron chi connectivity index (χ0n) is 22.7. The number of ether oxygens (including phenoxy) is 1. The highest BCUT2D eigenvalue weighted by molar-refractivity contribution is 6.04. The summed E-state index contributed by atoms with van der Waals surface area (Å²) in [4.78, 5) is 11.3. The molecule has 0 saturated carbocycles. The van der Waals surface area contributed by atoms with E-state index in [0.717, 1.165) is 34.1 Å². The second-order valence-electron chi connectivity index (χ2n) is 11.0. The second-order valence-corrected chi connectivity index (χ2v) is 11.0. The van der Waals surface area contributed by atoms with E-state index >= 15 is 0 Å². The molecule has 0 spiro atoms. The van der Waals surface area contributed by atoms with Crippen LogP contribution in [0, 0.1) is 0 Å². The zero-order chi connectivity index (χ0) is 27.6. The number of rotatable bonds is 3. The summed E-state index contributed by atoms with van der Waals surface area (Å²) < 4.78 is 6.36. The van der Waals surface area contributed by atoms with Gasteiger partial charge in [-0.3, -0.25) is 0 Å². The van der Waals surface area contributed by atoms with E-state index in [1.54, 1.807) is 12.4 Å². The Morgan fingerprint density at radius 2 is 1.48 bits per heavy atom. The van der Waals surface area contributed by atoms with E-state index in [1.807, 2.05) is 6.07 Å². The molecule has 0 saturated heterocycles. The quantitative estimate of drug-likeness (QED) is 0.224. The van der Waals surface area contributed by atoms with Crippen LogP contribution in [0.3, 0.4) is 0 Å². The average molecular weight is 540 g/mol. The summed E-state index contributed by atoms with van der Waals surface area (Å²) in [6.45, 7) is 0. The lowest BCUT2D eigenvalue weighted by molar-refractivity contribution is 0.487. The van der Waals surface area contributed by atoms with Crippen LogP contribution in [0.2, 0.25) is 0 Å². The first-order chi connectivity index (χ1) is 20.8. The molecular formula is C38H25N3O. The highest BCUT2D eigenvalue weighted by Crippen LogP contribution is 2.51. The van der Waals surface area contributed by atoms with E-state index < -0.39 is 0 Å². The fourth-order valence-corrected chi connectivity index (χ4v) is 6.81. The molecule has 4 heteroatoms. The number of aromatic nitrogens is 2. The molecule has 1 aromatic heterocycles. The Balaban J connectivity index is 1.09. The third-order valence-corrected chi connectivity index (χ3v) is 8.71. The van der Waals surface area contributed by atoms with Gasteiger partial charge in [0.15, 0.2) is 5.82 Å². The summed E-state index contributed by atoms with van der Waals surface area (Å²) in [5.41, 5.74) is 9.58. The molecule has 2 atom stereocenters. The smallest absolute Gasteiger partial charge is 0.159 e. The SMILES string of the molecule is C1=CC2C(C=C1c1ccc3c(c1)-c1cccc4cccc(c14)O3)c1ccccc1N2c1ccc(-c2ncccn2)cc1. The average Bonchev–Trinajstić information content (AvgIpc) is 3.39. The summed E-state index contributed by atoms with van der Waals surface area (Å²) in [5, 5.41) is 2.38. The van der Waals surface area contributed by atoms with Crippen LogP contribution in [-0.4, -0.2) is 16.0 Å².